The predicted molar refractivity (Wildman–Crippen MR) is 72.3 cm³/mol. The number of hydrogen-bond donors (Lipinski definition) is 3. The average molecular weight is 283 g/mol. The Kier molecular flexibility index (Phi) is 4.06. The van der Waals surface area contributed by atoms with Gasteiger partial charge in [0.2, 0.25) is 15.9 Å². The summed E-state index contributed by atoms with van der Waals surface area (Å²) in [7, 11) is -3.51. The Balaban J connectivity index is 2.24. The minimum Gasteiger partial charge on any atom is -0.379 e. The lowest BCUT2D eigenvalue weighted by atomic mass is 10.2. The first-order valence-corrected chi connectivity index (χ1v) is 7.63. The van der Waals surface area contributed by atoms with Gasteiger partial charge >= 0.3 is 0 Å². The summed E-state index contributed by atoms with van der Waals surface area (Å²) >= 11 is 0. The zero-order valence-electron chi connectivity index (χ0n) is 10.6. The molecule has 2 rings (SSSR count). The van der Waals surface area contributed by atoms with Gasteiger partial charge in [-0.15, -0.1) is 0 Å². The number of para-hydroxylation sites is 1. The fraction of sp³-hybridized carbons (Fsp3) is 0.417. The van der Waals surface area contributed by atoms with Crippen molar-refractivity contribution in [3.63, 3.8) is 0 Å². The summed E-state index contributed by atoms with van der Waals surface area (Å²) in [5.74, 6) is -0.0236. The van der Waals surface area contributed by atoms with Gasteiger partial charge < -0.3 is 10.6 Å². The third-order valence-electron chi connectivity index (χ3n) is 2.85. The maximum absolute atomic E-state index is 12.1. The molecule has 104 valence electrons. The van der Waals surface area contributed by atoms with Crippen molar-refractivity contribution in [1.29, 1.82) is 0 Å². The Morgan fingerprint density at radius 1 is 1.37 bits per heavy atom. The normalized spacial score (nSPS) is 19.2. The third kappa shape index (κ3) is 3.24. The molecule has 1 atom stereocenters. The molecule has 7 heteroatoms. The van der Waals surface area contributed by atoms with Crippen molar-refractivity contribution in [2.45, 2.75) is 24.3 Å². The van der Waals surface area contributed by atoms with Crippen LogP contribution in [0.15, 0.2) is 29.2 Å². The minimum absolute atomic E-state index is 0.0236. The highest BCUT2D eigenvalue weighted by Gasteiger charge is 2.24. The van der Waals surface area contributed by atoms with Gasteiger partial charge in [0.25, 0.3) is 0 Å². The third-order valence-corrected chi connectivity index (χ3v) is 4.45. The lowest BCUT2D eigenvalue weighted by Gasteiger charge is -2.16. The second-order valence-corrected chi connectivity index (χ2v) is 6.08. The molecule has 1 fully saturated rings. The SMILES string of the molecule is CCNS(=O)(=O)c1ccccc1NC1CNC(=O)C1. The molecule has 0 saturated carbocycles. The number of sulfonamides is 1. The van der Waals surface area contributed by atoms with Crippen LogP contribution in [0.25, 0.3) is 0 Å². The van der Waals surface area contributed by atoms with Crippen molar-refractivity contribution in [2.75, 3.05) is 18.4 Å². The maximum Gasteiger partial charge on any atom is 0.242 e. The first-order valence-electron chi connectivity index (χ1n) is 6.15. The quantitative estimate of drug-likeness (QED) is 0.724. The van der Waals surface area contributed by atoms with Gasteiger partial charge in [-0.2, -0.15) is 0 Å². The van der Waals surface area contributed by atoms with Gasteiger partial charge in [-0.1, -0.05) is 19.1 Å². The van der Waals surface area contributed by atoms with E-state index in [1.54, 1.807) is 31.2 Å². The lowest BCUT2D eigenvalue weighted by molar-refractivity contribution is -0.119. The molecule has 1 saturated heterocycles. The Morgan fingerprint density at radius 2 is 2.11 bits per heavy atom. The number of amides is 1. The second kappa shape index (κ2) is 5.58. The van der Waals surface area contributed by atoms with Crippen LogP contribution in [0.3, 0.4) is 0 Å². The van der Waals surface area contributed by atoms with Gasteiger partial charge in [-0.25, -0.2) is 13.1 Å². The molecule has 0 aromatic heterocycles. The van der Waals surface area contributed by atoms with E-state index in [0.29, 0.717) is 25.2 Å². The van der Waals surface area contributed by atoms with Gasteiger partial charge in [0.1, 0.15) is 4.90 Å². The number of hydrogen-bond acceptors (Lipinski definition) is 4. The summed E-state index contributed by atoms with van der Waals surface area (Å²) in [6.45, 7) is 2.57. The molecule has 0 radical (unpaired) electrons. The van der Waals surface area contributed by atoms with E-state index >= 15 is 0 Å². The van der Waals surface area contributed by atoms with E-state index in [9.17, 15) is 13.2 Å². The smallest absolute Gasteiger partial charge is 0.242 e. The highest BCUT2D eigenvalue weighted by atomic mass is 32.2. The first-order chi connectivity index (χ1) is 9.03. The average Bonchev–Trinajstić information content (AvgIpc) is 2.75. The fourth-order valence-electron chi connectivity index (χ4n) is 2.02. The Bertz CT molecular complexity index is 571. The summed E-state index contributed by atoms with van der Waals surface area (Å²) < 4.78 is 26.6. The molecule has 1 aromatic carbocycles. The van der Waals surface area contributed by atoms with E-state index in [-0.39, 0.29) is 16.8 Å². The number of carbonyl (C=O) groups excluding carboxylic acids is 1. The molecule has 1 amide bonds. The molecule has 1 aliphatic heterocycles. The Labute approximate surface area is 112 Å². The van der Waals surface area contributed by atoms with Gasteiger partial charge in [0, 0.05) is 19.5 Å². The van der Waals surface area contributed by atoms with Crippen LogP contribution in [0.4, 0.5) is 5.69 Å². The number of nitrogens with one attached hydrogen (secondary N) is 3. The molecule has 6 nitrogen and oxygen atoms in total. The zero-order chi connectivity index (χ0) is 13.9. The van der Waals surface area contributed by atoms with Gasteiger partial charge in [0.15, 0.2) is 0 Å². The predicted octanol–water partition coefficient (Wildman–Crippen LogP) is 0.285. The molecule has 1 aromatic rings. The minimum atomic E-state index is -3.51. The number of benzene rings is 1. The second-order valence-electron chi connectivity index (χ2n) is 4.35. The topological polar surface area (TPSA) is 87.3 Å². The van der Waals surface area contributed by atoms with E-state index in [2.05, 4.69) is 15.4 Å². The van der Waals surface area contributed by atoms with Crippen molar-refractivity contribution >= 4 is 21.6 Å². The van der Waals surface area contributed by atoms with Crippen molar-refractivity contribution in [1.82, 2.24) is 10.0 Å². The molecule has 0 bridgehead atoms. The van der Waals surface area contributed by atoms with Crippen molar-refractivity contribution in [3.8, 4) is 0 Å². The van der Waals surface area contributed by atoms with Crippen LogP contribution in [-0.2, 0) is 14.8 Å². The van der Waals surface area contributed by atoms with Crippen molar-refractivity contribution in [3.05, 3.63) is 24.3 Å². The van der Waals surface area contributed by atoms with Gasteiger partial charge in [0.05, 0.1) is 11.7 Å². The van der Waals surface area contributed by atoms with Crippen LogP contribution < -0.4 is 15.4 Å². The van der Waals surface area contributed by atoms with Crippen molar-refractivity contribution < 1.29 is 13.2 Å². The molecule has 0 aliphatic carbocycles. The number of anilines is 1. The standard InChI is InChI=1S/C12H17N3O3S/c1-2-14-19(17,18)11-6-4-3-5-10(11)15-9-7-12(16)13-8-9/h3-6,9,14-15H,2,7-8H2,1H3,(H,13,16). The summed E-state index contributed by atoms with van der Waals surface area (Å²) in [4.78, 5) is 11.4. The summed E-state index contributed by atoms with van der Waals surface area (Å²) in [5, 5.41) is 5.81. The van der Waals surface area contributed by atoms with E-state index < -0.39 is 10.0 Å². The summed E-state index contributed by atoms with van der Waals surface area (Å²) in [6.07, 6.45) is 0.357. The van der Waals surface area contributed by atoms with E-state index in [4.69, 9.17) is 0 Å². The van der Waals surface area contributed by atoms with Crippen LogP contribution in [0, 0.1) is 0 Å². The first kappa shape index (κ1) is 13.8. The lowest BCUT2D eigenvalue weighted by Crippen LogP contribution is -2.27. The molecular formula is C12H17N3O3S. The van der Waals surface area contributed by atoms with Crippen LogP contribution in [-0.4, -0.2) is 33.5 Å². The van der Waals surface area contributed by atoms with E-state index in [1.165, 1.54) is 0 Å². The van der Waals surface area contributed by atoms with Gasteiger partial charge in [-0.3, -0.25) is 4.79 Å². The molecule has 1 unspecified atom stereocenters. The molecule has 1 heterocycles. The molecular weight excluding hydrogens is 266 g/mol. The highest BCUT2D eigenvalue weighted by molar-refractivity contribution is 7.89. The van der Waals surface area contributed by atoms with Crippen LogP contribution in [0.1, 0.15) is 13.3 Å². The van der Waals surface area contributed by atoms with Crippen LogP contribution >= 0.6 is 0 Å². The molecule has 19 heavy (non-hydrogen) atoms. The number of rotatable bonds is 5. The maximum atomic E-state index is 12.1. The molecule has 0 spiro atoms. The van der Waals surface area contributed by atoms with Crippen LogP contribution in [0.5, 0.6) is 0 Å². The van der Waals surface area contributed by atoms with Gasteiger partial charge in [-0.05, 0) is 12.1 Å². The monoisotopic (exact) mass is 283 g/mol. The largest absolute Gasteiger partial charge is 0.379 e. The van der Waals surface area contributed by atoms with Crippen molar-refractivity contribution in [2.24, 2.45) is 0 Å². The number of carbonyl (C=O) groups is 1. The molecule has 3 N–H and O–H groups in total. The Morgan fingerprint density at radius 3 is 2.74 bits per heavy atom. The molecule has 1 aliphatic rings. The van der Waals surface area contributed by atoms with E-state index in [1.807, 2.05) is 0 Å². The van der Waals surface area contributed by atoms with Crippen LogP contribution in [0.2, 0.25) is 0 Å². The fourth-order valence-corrected chi connectivity index (χ4v) is 3.22. The summed E-state index contributed by atoms with van der Waals surface area (Å²) in [5.41, 5.74) is 0.518. The Hall–Kier alpha value is -1.60. The van der Waals surface area contributed by atoms with E-state index in [0.717, 1.165) is 0 Å². The summed E-state index contributed by atoms with van der Waals surface area (Å²) in [6, 6.07) is 6.60. The zero-order valence-corrected chi connectivity index (χ0v) is 11.5. The highest BCUT2D eigenvalue weighted by Crippen LogP contribution is 2.22.